The zero-order valence-electron chi connectivity index (χ0n) is 11.5. The lowest BCUT2D eigenvalue weighted by molar-refractivity contribution is -0.142. The van der Waals surface area contributed by atoms with Gasteiger partial charge in [0.1, 0.15) is 11.8 Å². The molecule has 0 saturated heterocycles. The molecule has 1 aromatic carbocycles. The monoisotopic (exact) mass is 281 g/mol. The maximum Gasteiger partial charge on any atom is 0.326 e. The molecule has 110 valence electrons. The summed E-state index contributed by atoms with van der Waals surface area (Å²) in [6.45, 7) is 1.60. The lowest BCUT2D eigenvalue weighted by Gasteiger charge is -2.13. The van der Waals surface area contributed by atoms with Crippen molar-refractivity contribution in [2.45, 2.75) is 25.8 Å². The number of carbonyl (C=O) groups is 2. The molecule has 0 aromatic heterocycles. The first kappa shape index (κ1) is 16.0. The van der Waals surface area contributed by atoms with Crippen molar-refractivity contribution in [3.63, 3.8) is 0 Å². The Balaban J connectivity index is 2.68. The van der Waals surface area contributed by atoms with Crippen LogP contribution in [-0.2, 0) is 16.0 Å². The van der Waals surface area contributed by atoms with Crippen LogP contribution in [0.2, 0.25) is 0 Å². The Morgan fingerprint density at radius 1 is 1.40 bits per heavy atom. The molecule has 0 spiro atoms. The molecule has 3 N–H and O–H groups in total. The Bertz CT molecular complexity index is 486. The molecular weight excluding hydrogens is 262 g/mol. The van der Waals surface area contributed by atoms with Crippen LogP contribution in [0.5, 0.6) is 5.75 Å². The van der Waals surface area contributed by atoms with Crippen LogP contribution in [0.3, 0.4) is 0 Å². The zero-order valence-corrected chi connectivity index (χ0v) is 11.5. The minimum atomic E-state index is -1.16. The molecule has 20 heavy (non-hydrogen) atoms. The number of benzene rings is 1. The number of amides is 1. The topological polar surface area (TPSA) is 95.9 Å². The summed E-state index contributed by atoms with van der Waals surface area (Å²) < 4.78 is 5.17. The van der Waals surface area contributed by atoms with Gasteiger partial charge in [0.05, 0.1) is 13.5 Å². The smallest absolute Gasteiger partial charge is 0.326 e. The van der Waals surface area contributed by atoms with Gasteiger partial charge in [-0.15, -0.1) is 0 Å². The fourth-order valence-electron chi connectivity index (χ4n) is 1.79. The van der Waals surface area contributed by atoms with Gasteiger partial charge in [0.25, 0.3) is 0 Å². The van der Waals surface area contributed by atoms with Gasteiger partial charge < -0.3 is 20.3 Å². The highest BCUT2D eigenvalue weighted by atomic mass is 16.5. The highest BCUT2D eigenvalue weighted by Crippen LogP contribution is 2.19. The van der Waals surface area contributed by atoms with E-state index in [4.69, 9.17) is 14.9 Å². The molecule has 0 fully saturated rings. The number of hydrogen-bond donors (Lipinski definition) is 3. The normalized spacial score (nSPS) is 11.8. The van der Waals surface area contributed by atoms with Crippen LogP contribution in [0.15, 0.2) is 18.2 Å². The summed E-state index contributed by atoms with van der Waals surface area (Å²) in [5.74, 6) is -0.883. The van der Waals surface area contributed by atoms with Crippen molar-refractivity contribution < 1.29 is 24.5 Å². The first-order chi connectivity index (χ1) is 9.47. The van der Waals surface area contributed by atoms with Gasteiger partial charge in [0.2, 0.25) is 5.91 Å². The van der Waals surface area contributed by atoms with E-state index in [9.17, 15) is 9.59 Å². The Morgan fingerprint density at radius 2 is 2.10 bits per heavy atom. The maximum atomic E-state index is 11.8. The van der Waals surface area contributed by atoms with E-state index in [2.05, 4.69) is 5.32 Å². The van der Waals surface area contributed by atoms with Gasteiger partial charge in [-0.1, -0.05) is 12.1 Å². The molecule has 1 atom stereocenters. The van der Waals surface area contributed by atoms with Crippen molar-refractivity contribution >= 4 is 11.9 Å². The van der Waals surface area contributed by atoms with Crippen LogP contribution in [0.25, 0.3) is 0 Å². The van der Waals surface area contributed by atoms with E-state index in [1.807, 2.05) is 13.0 Å². The molecule has 1 amide bonds. The van der Waals surface area contributed by atoms with Crippen molar-refractivity contribution in [3.8, 4) is 5.75 Å². The predicted octanol–water partition coefficient (Wildman–Crippen LogP) is 0.498. The maximum absolute atomic E-state index is 11.8. The number of hydrogen-bond acceptors (Lipinski definition) is 4. The first-order valence-corrected chi connectivity index (χ1v) is 6.24. The van der Waals surface area contributed by atoms with Crippen LogP contribution in [0.4, 0.5) is 0 Å². The quantitative estimate of drug-likeness (QED) is 0.676. The summed E-state index contributed by atoms with van der Waals surface area (Å²) in [7, 11) is 1.55. The molecule has 0 aliphatic rings. The van der Waals surface area contributed by atoms with E-state index in [0.717, 1.165) is 11.1 Å². The summed E-state index contributed by atoms with van der Waals surface area (Å²) in [4.78, 5) is 22.7. The number of aliphatic hydroxyl groups excluding tert-OH is 1. The first-order valence-electron chi connectivity index (χ1n) is 6.24. The third-order valence-corrected chi connectivity index (χ3v) is 2.89. The van der Waals surface area contributed by atoms with Crippen molar-refractivity contribution in [1.82, 2.24) is 5.32 Å². The average molecular weight is 281 g/mol. The van der Waals surface area contributed by atoms with Gasteiger partial charge in [-0.2, -0.15) is 0 Å². The summed E-state index contributed by atoms with van der Waals surface area (Å²) in [6.07, 6.45) is 0.0458. The number of aryl methyl sites for hydroxylation is 1. The molecular formula is C14H19NO5. The molecule has 0 saturated carbocycles. The summed E-state index contributed by atoms with van der Waals surface area (Å²) in [6, 6.07) is 4.31. The minimum absolute atomic E-state index is 0.0156. The number of methoxy groups -OCH3 is 1. The Morgan fingerprint density at radius 3 is 2.65 bits per heavy atom. The minimum Gasteiger partial charge on any atom is -0.496 e. The van der Waals surface area contributed by atoms with E-state index in [0.29, 0.717) is 5.75 Å². The highest BCUT2D eigenvalue weighted by molar-refractivity contribution is 5.84. The zero-order chi connectivity index (χ0) is 15.1. The van der Waals surface area contributed by atoms with Crippen LogP contribution in [0.1, 0.15) is 17.5 Å². The Hall–Kier alpha value is -2.08. The van der Waals surface area contributed by atoms with Gasteiger partial charge >= 0.3 is 5.97 Å². The summed E-state index contributed by atoms with van der Waals surface area (Å²) >= 11 is 0. The summed E-state index contributed by atoms with van der Waals surface area (Å²) in [5, 5.41) is 20.0. The lowest BCUT2D eigenvalue weighted by Crippen LogP contribution is -2.42. The van der Waals surface area contributed by atoms with Crippen LogP contribution >= 0.6 is 0 Å². The molecule has 0 unspecified atom stereocenters. The predicted molar refractivity (Wildman–Crippen MR) is 72.7 cm³/mol. The van der Waals surface area contributed by atoms with Crippen LogP contribution in [0, 0.1) is 6.92 Å². The molecule has 1 rings (SSSR count). The van der Waals surface area contributed by atoms with Gasteiger partial charge in [0.15, 0.2) is 0 Å². The number of aliphatic carboxylic acids is 1. The Kier molecular flexibility index (Phi) is 5.99. The van der Waals surface area contributed by atoms with Gasteiger partial charge in [-0.25, -0.2) is 4.79 Å². The molecule has 0 aliphatic heterocycles. The van der Waals surface area contributed by atoms with E-state index < -0.39 is 17.9 Å². The molecule has 0 bridgehead atoms. The van der Waals surface area contributed by atoms with Gasteiger partial charge in [0, 0.05) is 13.0 Å². The SMILES string of the molecule is COc1cc(CC(=O)N[C@@H](CCO)C(=O)O)ccc1C. The van der Waals surface area contributed by atoms with E-state index >= 15 is 0 Å². The second-order valence-electron chi connectivity index (χ2n) is 4.45. The highest BCUT2D eigenvalue weighted by Gasteiger charge is 2.19. The van der Waals surface area contributed by atoms with E-state index in [-0.39, 0.29) is 19.4 Å². The molecule has 6 nitrogen and oxygen atoms in total. The van der Waals surface area contributed by atoms with Crippen molar-refractivity contribution in [3.05, 3.63) is 29.3 Å². The fraction of sp³-hybridized carbons (Fsp3) is 0.429. The van der Waals surface area contributed by atoms with Crippen molar-refractivity contribution in [2.75, 3.05) is 13.7 Å². The van der Waals surface area contributed by atoms with E-state index in [1.54, 1.807) is 19.2 Å². The molecule has 0 radical (unpaired) electrons. The van der Waals surface area contributed by atoms with Crippen molar-refractivity contribution in [2.24, 2.45) is 0 Å². The fourth-order valence-corrected chi connectivity index (χ4v) is 1.79. The number of carbonyl (C=O) groups excluding carboxylic acids is 1. The van der Waals surface area contributed by atoms with Crippen LogP contribution < -0.4 is 10.1 Å². The number of nitrogens with one attached hydrogen (secondary N) is 1. The van der Waals surface area contributed by atoms with E-state index in [1.165, 1.54) is 0 Å². The molecule has 0 heterocycles. The average Bonchev–Trinajstić information content (AvgIpc) is 2.40. The molecule has 6 heteroatoms. The number of carboxylic acids is 1. The van der Waals surface area contributed by atoms with Crippen LogP contribution in [-0.4, -0.2) is 41.8 Å². The van der Waals surface area contributed by atoms with Crippen molar-refractivity contribution in [1.29, 1.82) is 0 Å². The lowest BCUT2D eigenvalue weighted by atomic mass is 10.1. The number of aliphatic hydroxyl groups is 1. The standard InChI is InChI=1S/C14H19NO5/c1-9-3-4-10(7-12(9)20-2)8-13(17)15-11(5-6-16)14(18)19/h3-4,7,11,16H,5-6,8H2,1-2H3,(H,15,17)(H,18,19)/t11-/m0/s1. The third-order valence-electron chi connectivity index (χ3n) is 2.89. The Labute approximate surface area is 117 Å². The molecule has 0 aliphatic carbocycles. The molecule has 1 aromatic rings. The number of carboxylic acid groups (broad SMARTS) is 1. The summed E-state index contributed by atoms with van der Waals surface area (Å²) in [5.41, 5.74) is 1.69. The van der Waals surface area contributed by atoms with Gasteiger partial charge in [-0.05, 0) is 24.1 Å². The number of ether oxygens (including phenoxy) is 1. The third kappa shape index (κ3) is 4.55. The second kappa shape index (κ2) is 7.49. The van der Waals surface area contributed by atoms with Gasteiger partial charge in [-0.3, -0.25) is 4.79 Å². The second-order valence-corrected chi connectivity index (χ2v) is 4.45. The number of rotatable bonds is 7. The largest absolute Gasteiger partial charge is 0.496 e.